The van der Waals surface area contributed by atoms with Crippen molar-refractivity contribution in [2.45, 2.75) is 32.2 Å². The Labute approximate surface area is 133 Å². The zero-order chi connectivity index (χ0) is 15.7. The summed E-state index contributed by atoms with van der Waals surface area (Å²) in [4.78, 5) is 4.22. The standard InChI is InChI=1S/C13H28N4O2S2/c1-4-21(18,19)17-9-6-12(7-10-17)16-13(14-2)15-8-5-11-20-3/h12H,4-11H2,1-3H3,(H2,14,15,16). The third kappa shape index (κ3) is 6.44. The van der Waals surface area contributed by atoms with Crippen molar-refractivity contribution in [2.24, 2.45) is 4.99 Å². The van der Waals surface area contributed by atoms with Gasteiger partial charge in [0, 0.05) is 32.7 Å². The first-order valence-electron chi connectivity index (χ1n) is 7.47. The summed E-state index contributed by atoms with van der Waals surface area (Å²) in [5.41, 5.74) is 0. The Morgan fingerprint density at radius 3 is 2.57 bits per heavy atom. The predicted molar refractivity (Wildman–Crippen MR) is 91.6 cm³/mol. The molecule has 2 N–H and O–H groups in total. The van der Waals surface area contributed by atoms with Gasteiger partial charge in [-0.25, -0.2) is 12.7 Å². The monoisotopic (exact) mass is 336 g/mol. The number of thioether (sulfide) groups is 1. The number of sulfonamides is 1. The van der Waals surface area contributed by atoms with Crippen LogP contribution in [0.15, 0.2) is 4.99 Å². The van der Waals surface area contributed by atoms with Gasteiger partial charge in [0.15, 0.2) is 5.96 Å². The van der Waals surface area contributed by atoms with Gasteiger partial charge in [0.05, 0.1) is 5.75 Å². The van der Waals surface area contributed by atoms with Crippen LogP contribution in [0.1, 0.15) is 26.2 Å². The van der Waals surface area contributed by atoms with E-state index >= 15 is 0 Å². The maximum atomic E-state index is 11.8. The summed E-state index contributed by atoms with van der Waals surface area (Å²) in [6.07, 6.45) is 4.86. The van der Waals surface area contributed by atoms with E-state index in [1.807, 2.05) is 11.8 Å². The fourth-order valence-corrected chi connectivity index (χ4v) is 3.84. The number of nitrogens with one attached hydrogen (secondary N) is 2. The molecule has 21 heavy (non-hydrogen) atoms. The highest BCUT2D eigenvalue weighted by Gasteiger charge is 2.26. The fraction of sp³-hybridized carbons (Fsp3) is 0.923. The minimum absolute atomic E-state index is 0.184. The Kier molecular flexibility index (Phi) is 8.43. The average molecular weight is 337 g/mol. The predicted octanol–water partition coefficient (Wildman–Crippen LogP) is 0.719. The second-order valence-corrected chi connectivity index (χ2v) is 8.31. The lowest BCUT2D eigenvalue weighted by atomic mass is 10.1. The fourth-order valence-electron chi connectivity index (χ4n) is 2.27. The van der Waals surface area contributed by atoms with Crippen LogP contribution in [0, 0.1) is 0 Å². The largest absolute Gasteiger partial charge is 0.356 e. The SMILES string of the molecule is CCS(=O)(=O)N1CCC(NC(=NC)NCCCSC)CC1. The summed E-state index contributed by atoms with van der Waals surface area (Å²) in [6, 6.07) is 0.292. The topological polar surface area (TPSA) is 73.8 Å². The van der Waals surface area contributed by atoms with Crippen molar-refractivity contribution < 1.29 is 8.42 Å². The lowest BCUT2D eigenvalue weighted by Gasteiger charge is -2.32. The van der Waals surface area contributed by atoms with Crippen LogP contribution in [-0.2, 0) is 10.0 Å². The van der Waals surface area contributed by atoms with Crippen molar-refractivity contribution >= 4 is 27.7 Å². The van der Waals surface area contributed by atoms with Crippen LogP contribution < -0.4 is 10.6 Å². The van der Waals surface area contributed by atoms with E-state index in [9.17, 15) is 8.42 Å². The van der Waals surface area contributed by atoms with Gasteiger partial charge >= 0.3 is 0 Å². The number of rotatable bonds is 7. The van der Waals surface area contributed by atoms with E-state index in [0.717, 1.165) is 37.5 Å². The van der Waals surface area contributed by atoms with Crippen LogP contribution in [0.5, 0.6) is 0 Å². The lowest BCUT2D eigenvalue weighted by molar-refractivity contribution is 0.306. The third-order valence-electron chi connectivity index (χ3n) is 3.59. The van der Waals surface area contributed by atoms with Crippen molar-refractivity contribution in [1.29, 1.82) is 0 Å². The van der Waals surface area contributed by atoms with E-state index in [4.69, 9.17) is 0 Å². The molecule has 8 heteroatoms. The number of nitrogens with zero attached hydrogens (tertiary/aromatic N) is 2. The molecule has 0 saturated carbocycles. The minimum Gasteiger partial charge on any atom is -0.356 e. The van der Waals surface area contributed by atoms with Crippen molar-refractivity contribution in [1.82, 2.24) is 14.9 Å². The lowest BCUT2D eigenvalue weighted by Crippen LogP contribution is -2.50. The molecule has 0 atom stereocenters. The van der Waals surface area contributed by atoms with Crippen molar-refractivity contribution in [2.75, 3.05) is 44.4 Å². The first-order chi connectivity index (χ1) is 10.0. The average Bonchev–Trinajstić information content (AvgIpc) is 2.50. The summed E-state index contributed by atoms with van der Waals surface area (Å²) in [7, 11) is -1.28. The molecule has 0 radical (unpaired) electrons. The van der Waals surface area contributed by atoms with Crippen LogP contribution in [0.3, 0.4) is 0 Å². The van der Waals surface area contributed by atoms with E-state index in [0.29, 0.717) is 19.1 Å². The summed E-state index contributed by atoms with van der Waals surface area (Å²) >= 11 is 1.84. The Bertz CT molecular complexity index is 418. The molecule has 0 aromatic carbocycles. The first kappa shape index (κ1) is 18.6. The molecule has 6 nitrogen and oxygen atoms in total. The molecular formula is C13H28N4O2S2. The molecule has 0 aromatic rings. The van der Waals surface area contributed by atoms with Gasteiger partial charge in [-0.15, -0.1) is 0 Å². The van der Waals surface area contributed by atoms with Gasteiger partial charge in [0.2, 0.25) is 10.0 Å². The van der Waals surface area contributed by atoms with Crippen LogP contribution in [0.4, 0.5) is 0 Å². The smallest absolute Gasteiger partial charge is 0.213 e. The second-order valence-electron chi connectivity index (χ2n) is 5.06. The highest BCUT2D eigenvalue weighted by Crippen LogP contribution is 2.14. The van der Waals surface area contributed by atoms with Gasteiger partial charge in [0.1, 0.15) is 0 Å². The van der Waals surface area contributed by atoms with E-state index in [1.54, 1.807) is 18.3 Å². The van der Waals surface area contributed by atoms with E-state index in [2.05, 4.69) is 21.9 Å². The van der Waals surface area contributed by atoms with Gasteiger partial charge in [-0.3, -0.25) is 4.99 Å². The van der Waals surface area contributed by atoms with Gasteiger partial charge < -0.3 is 10.6 Å². The molecule has 0 aromatic heterocycles. The van der Waals surface area contributed by atoms with Gasteiger partial charge in [-0.05, 0) is 38.2 Å². The Morgan fingerprint density at radius 1 is 1.38 bits per heavy atom. The first-order valence-corrected chi connectivity index (χ1v) is 10.5. The van der Waals surface area contributed by atoms with Gasteiger partial charge in [-0.2, -0.15) is 11.8 Å². The molecule has 0 unspecified atom stereocenters. The number of hydrogen-bond donors (Lipinski definition) is 2. The Morgan fingerprint density at radius 2 is 2.05 bits per heavy atom. The normalized spacial score (nSPS) is 18.7. The van der Waals surface area contributed by atoms with E-state index in [1.165, 1.54) is 0 Å². The van der Waals surface area contributed by atoms with Crippen LogP contribution in [-0.4, -0.2) is 69.2 Å². The molecule has 1 saturated heterocycles. The molecule has 0 bridgehead atoms. The molecular weight excluding hydrogens is 308 g/mol. The zero-order valence-corrected chi connectivity index (χ0v) is 14.9. The Balaban J connectivity index is 2.34. The molecule has 1 rings (SSSR count). The second kappa shape index (κ2) is 9.53. The minimum atomic E-state index is -3.04. The summed E-state index contributed by atoms with van der Waals surface area (Å²) < 4.78 is 25.2. The molecule has 0 aliphatic carbocycles. The third-order valence-corrected chi connectivity index (χ3v) is 6.17. The summed E-state index contributed by atoms with van der Waals surface area (Å²) in [6.45, 7) is 3.79. The molecule has 1 aliphatic heterocycles. The van der Waals surface area contributed by atoms with Crippen LogP contribution >= 0.6 is 11.8 Å². The van der Waals surface area contributed by atoms with Crippen molar-refractivity contribution in [3.05, 3.63) is 0 Å². The molecule has 1 fully saturated rings. The quantitative estimate of drug-likeness (QED) is 0.407. The van der Waals surface area contributed by atoms with Crippen LogP contribution in [0.25, 0.3) is 0 Å². The van der Waals surface area contributed by atoms with Crippen molar-refractivity contribution in [3.63, 3.8) is 0 Å². The number of guanidine groups is 1. The maximum absolute atomic E-state index is 11.8. The highest BCUT2D eigenvalue weighted by atomic mass is 32.2. The summed E-state index contributed by atoms with van der Waals surface area (Å²) in [5.74, 6) is 2.13. The molecule has 0 amide bonds. The van der Waals surface area contributed by atoms with Gasteiger partial charge in [-0.1, -0.05) is 0 Å². The molecule has 1 aliphatic rings. The zero-order valence-electron chi connectivity index (χ0n) is 13.3. The summed E-state index contributed by atoms with van der Waals surface area (Å²) in [5, 5.41) is 6.68. The molecule has 124 valence electrons. The molecule has 0 spiro atoms. The molecule has 1 heterocycles. The van der Waals surface area contributed by atoms with E-state index < -0.39 is 10.0 Å². The van der Waals surface area contributed by atoms with Crippen LogP contribution in [0.2, 0.25) is 0 Å². The number of piperidine rings is 1. The van der Waals surface area contributed by atoms with E-state index in [-0.39, 0.29) is 5.75 Å². The van der Waals surface area contributed by atoms with Gasteiger partial charge in [0.25, 0.3) is 0 Å². The van der Waals surface area contributed by atoms with Crippen molar-refractivity contribution in [3.8, 4) is 0 Å². The number of aliphatic imine (C=N–C) groups is 1. The highest BCUT2D eigenvalue weighted by molar-refractivity contribution is 7.98. The Hall–Kier alpha value is -0.470. The number of hydrogen-bond acceptors (Lipinski definition) is 4. The maximum Gasteiger partial charge on any atom is 0.213 e.